The third-order valence-electron chi connectivity index (χ3n) is 4.49. The summed E-state index contributed by atoms with van der Waals surface area (Å²) in [6.45, 7) is 0.864. The highest BCUT2D eigenvalue weighted by Gasteiger charge is 2.29. The Morgan fingerprint density at radius 2 is 1.77 bits per heavy atom. The second-order valence-electron chi connectivity index (χ2n) is 6.25. The van der Waals surface area contributed by atoms with Crippen LogP contribution < -0.4 is 5.32 Å². The molecule has 1 aliphatic rings. The molecule has 1 unspecified atom stereocenters. The fourth-order valence-corrected chi connectivity index (χ4v) is 3.14. The number of carbonyl (C=O) groups excluding carboxylic acids is 2. The largest absolute Gasteiger partial charge is 0.478 e. The molecule has 0 radical (unpaired) electrons. The highest BCUT2D eigenvalue weighted by Crippen LogP contribution is 2.26. The molecule has 2 amide bonds. The minimum Gasteiger partial charge on any atom is -0.478 e. The van der Waals surface area contributed by atoms with Gasteiger partial charge in [0.15, 0.2) is 0 Å². The van der Waals surface area contributed by atoms with E-state index in [0.29, 0.717) is 13.1 Å². The van der Waals surface area contributed by atoms with Crippen molar-refractivity contribution in [2.45, 2.75) is 18.9 Å². The number of benzene rings is 2. The molecule has 26 heavy (non-hydrogen) atoms. The van der Waals surface area contributed by atoms with Crippen LogP contribution in [-0.4, -0.2) is 40.9 Å². The first-order valence-corrected chi connectivity index (χ1v) is 8.48. The van der Waals surface area contributed by atoms with Gasteiger partial charge in [-0.2, -0.15) is 0 Å². The molecule has 0 aromatic heterocycles. The molecule has 1 fully saturated rings. The Morgan fingerprint density at radius 1 is 1.08 bits per heavy atom. The first-order valence-electron chi connectivity index (χ1n) is 8.48. The number of carbonyl (C=O) groups is 3. The third kappa shape index (κ3) is 4.08. The summed E-state index contributed by atoms with van der Waals surface area (Å²) in [6.07, 6.45) is 0.394. The van der Waals surface area contributed by atoms with E-state index in [9.17, 15) is 14.4 Å². The van der Waals surface area contributed by atoms with Gasteiger partial charge in [-0.3, -0.25) is 9.59 Å². The Kier molecular flexibility index (Phi) is 5.31. The quantitative estimate of drug-likeness (QED) is 0.881. The molecule has 2 aromatic carbocycles. The van der Waals surface area contributed by atoms with Crippen LogP contribution >= 0.6 is 0 Å². The molecule has 2 aromatic rings. The van der Waals surface area contributed by atoms with Gasteiger partial charge in [-0.25, -0.2) is 4.79 Å². The zero-order valence-corrected chi connectivity index (χ0v) is 14.2. The lowest BCUT2D eigenvalue weighted by Crippen LogP contribution is -2.37. The number of nitrogens with zero attached hydrogens (tertiary/aromatic N) is 1. The average molecular weight is 352 g/mol. The number of rotatable bonds is 4. The van der Waals surface area contributed by atoms with Crippen molar-refractivity contribution >= 4 is 17.8 Å². The smallest absolute Gasteiger partial charge is 0.335 e. The van der Waals surface area contributed by atoms with Gasteiger partial charge in [-0.15, -0.1) is 0 Å². The Morgan fingerprint density at radius 3 is 2.42 bits per heavy atom. The maximum atomic E-state index is 12.9. The highest BCUT2D eigenvalue weighted by atomic mass is 16.4. The SMILES string of the molecule is O=C1CC(c2ccccc2)N(C(=O)Cc2ccc(C(=O)O)cc2)CCN1. The van der Waals surface area contributed by atoms with Crippen LogP contribution in [-0.2, 0) is 16.0 Å². The fourth-order valence-electron chi connectivity index (χ4n) is 3.14. The van der Waals surface area contributed by atoms with E-state index >= 15 is 0 Å². The van der Waals surface area contributed by atoms with Gasteiger partial charge in [0.25, 0.3) is 0 Å². The maximum Gasteiger partial charge on any atom is 0.335 e. The second kappa shape index (κ2) is 7.82. The lowest BCUT2D eigenvalue weighted by molar-refractivity contribution is -0.133. The van der Waals surface area contributed by atoms with Crippen molar-refractivity contribution in [3.05, 3.63) is 71.3 Å². The number of amides is 2. The number of carboxylic acid groups (broad SMARTS) is 1. The lowest BCUT2D eigenvalue weighted by atomic mass is 10.0. The van der Waals surface area contributed by atoms with Crippen LogP contribution in [0.1, 0.15) is 33.9 Å². The standard InChI is InChI=1S/C20H20N2O4/c23-18-13-17(15-4-2-1-3-5-15)22(11-10-21-18)19(24)12-14-6-8-16(9-7-14)20(25)26/h1-9,17H,10-13H2,(H,21,23)(H,25,26). The van der Waals surface area contributed by atoms with Crippen LogP contribution in [0.25, 0.3) is 0 Å². The van der Waals surface area contributed by atoms with E-state index in [0.717, 1.165) is 11.1 Å². The summed E-state index contributed by atoms with van der Waals surface area (Å²) in [5, 5.41) is 11.8. The van der Waals surface area contributed by atoms with E-state index in [1.54, 1.807) is 17.0 Å². The van der Waals surface area contributed by atoms with Crippen molar-refractivity contribution in [1.82, 2.24) is 10.2 Å². The molecule has 0 aliphatic carbocycles. The van der Waals surface area contributed by atoms with E-state index in [2.05, 4.69) is 5.32 Å². The monoisotopic (exact) mass is 352 g/mol. The van der Waals surface area contributed by atoms with Gasteiger partial charge in [0.05, 0.1) is 24.4 Å². The van der Waals surface area contributed by atoms with E-state index in [4.69, 9.17) is 5.11 Å². The van der Waals surface area contributed by atoms with Crippen LogP contribution in [0.4, 0.5) is 0 Å². The Bertz CT molecular complexity index is 802. The maximum absolute atomic E-state index is 12.9. The first-order chi connectivity index (χ1) is 12.5. The highest BCUT2D eigenvalue weighted by molar-refractivity contribution is 5.88. The Hall–Kier alpha value is -3.15. The van der Waals surface area contributed by atoms with Gasteiger partial charge in [0.1, 0.15) is 0 Å². The number of hydrogen-bond donors (Lipinski definition) is 2. The molecule has 0 spiro atoms. The van der Waals surface area contributed by atoms with Crippen LogP contribution in [0.5, 0.6) is 0 Å². The van der Waals surface area contributed by atoms with Gasteiger partial charge in [-0.05, 0) is 23.3 Å². The summed E-state index contributed by atoms with van der Waals surface area (Å²) >= 11 is 0. The first kappa shape index (κ1) is 17.7. The fraction of sp³-hybridized carbons (Fsp3) is 0.250. The molecule has 1 heterocycles. The van der Waals surface area contributed by atoms with Crippen molar-refractivity contribution in [2.75, 3.05) is 13.1 Å². The number of hydrogen-bond acceptors (Lipinski definition) is 3. The molecular weight excluding hydrogens is 332 g/mol. The van der Waals surface area contributed by atoms with E-state index in [1.165, 1.54) is 12.1 Å². The second-order valence-corrected chi connectivity index (χ2v) is 6.25. The van der Waals surface area contributed by atoms with Gasteiger partial charge in [0, 0.05) is 13.1 Å². The summed E-state index contributed by atoms with van der Waals surface area (Å²) in [5.74, 6) is -1.15. The van der Waals surface area contributed by atoms with Crippen LogP contribution in [0.3, 0.4) is 0 Å². The topological polar surface area (TPSA) is 86.7 Å². The third-order valence-corrected chi connectivity index (χ3v) is 4.49. The summed E-state index contributed by atoms with van der Waals surface area (Å²) in [6, 6.07) is 15.5. The van der Waals surface area contributed by atoms with Crippen LogP contribution in [0.15, 0.2) is 54.6 Å². The zero-order valence-electron chi connectivity index (χ0n) is 14.2. The molecule has 0 bridgehead atoms. The predicted molar refractivity (Wildman–Crippen MR) is 95.6 cm³/mol. The summed E-state index contributed by atoms with van der Waals surface area (Å²) in [7, 11) is 0. The van der Waals surface area contributed by atoms with E-state index in [1.807, 2.05) is 30.3 Å². The van der Waals surface area contributed by atoms with Gasteiger partial charge >= 0.3 is 5.97 Å². The lowest BCUT2D eigenvalue weighted by Gasteiger charge is -2.29. The molecule has 6 heteroatoms. The molecule has 134 valence electrons. The van der Waals surface area contributed by atoms with Crippen molar-refractivity contribution in [1.29, 1.82) is 0 Å². The van der Waals surface area contributed by atoms with Crippen LogP contribution in [0, 0.1) is 0 Å². The molecule has 2 N–H and O–H groups in total. The molecule has 1 aliphatic heterocycles. The molecule has 0 saturated carbocycles. The number of carboxylic acids is 1. The average Bonchev–Trinajstić information content (AvgIpc) is 2.84. The zero-order chi connectivity index (χ0) is 18.5. The molecule has 1 atom stereocenters. The Balaban J connectivity index is 1.80. The van der Waals surface area contributed by atoms with Crippen molar-refractivity contribution in [2.24, 2.45) is 0 Å². The number of aromatic carboxylic acids is 1. The molecule has 3 rings (SSSR count). The predicted octanol–water partition coefficient (Wildman–Crippen LogP) is 2.02. The molecule has 6 nitrogen and oxygen atoms in total. The summed E-state index contributed by atoms with van der Waals surface area (Å²) < 4.78 is 0. The number of nitrogens with one attached hydrogen (secondary N) is 1. The summed E-state index contributed by atoms with van der Waals surface area (Å²) in [5.41, 5.74) is 1.86. The minimum absolute atomic E-state index is 0.0695. The summed E-state index contributed by atoms with van der Waals surface area (Å²) in [4.78, 5) is 37.6. The van der Waals surface area contributed by atoms with Gasteiger partial charge in [-0.1, -0.05) is 42.5 Å². The van der Waals surface area contributed by atoms with Gasteiger partial charge in [0.2, 0.25) is 11.8 Å². The van der Waals surface area contributed by atoms with E-state index in [-0.39, 0.29) is 36.3 Å². The molecule has 1 saturated heterocycles. The van der Waals surface area contributed by atoms with Gasteiger partial charge < -0.3 is 15.3 Å². The van der Waals surface area contributed by atoms with Crippen LogP contribution in [0.2, 0.25) is 0 Å². The van der Waals surface area contributed by atoms with Crippen molar-refractivity contribution in [3.8, 4) is 0 Å². The van der Waals surface area contributed by atoms with Crippen molar-refractivity contribution < 1.29 is 19.5 Å². The minimum atomic E-state index is -0.996. The normalized spacial score (nSPS) is 17.3. The Labute approximate surface area is 151 Å². The van der Waals surface area contributed by atoms with E-state index < -0.39 is 5.97 Å². The van der Waals surface area contributed by atoms with Crippen molar-refractivity contribution in [3.63, 3.8) is 0 Å². The molecular formula is C20H20N2O4.